The van der Waals surface area contributed by atoms with Gasteiger partial charge in [0, 0.05) is 20.8 Å². The van der Waals surface area contributed by atoms with Crippen molar-refractivity contribution in [1.82, 2.24) is 5.32 Å². The monoisotopic (exact) mass is 394 g/mol. The van der Waals surface area contributed by atoms with Crippen LogP contribution in [0, 0.1) is 5.82 Å². The number of hydrogen-bond donors (Lipinski definition) is 2. The fraction of sp³-hybridized carbons (Fsp3) is 0.300. The molecule has 1 heterocycles. The minimum atomic E-state index is -2.84. The number of ether oxygens (including phenoxy) is 1. The lowest BCUT2D eigenvalue weighted by Gasteiger charge is -2.42. The molecule has 2 atom stereocenters. The van der Waals surface area contributed by atoms with Gasteiger partial charge in [0.2, 0.25) is 0 Å². The predicted octanol–water partition coefficient (Wildman–Crippen LogP) is 3.68. The molecule has 0 aliphatic carbocycles. The first kappa shape index (κ1) is 15.6. The highest BCUT2D eigenvalue weighted by molar-refractivity contribution is 6.31. The van der Waals surface area contributed by atoms with Crippen molar-refractivity contribution in [2.24, 2.45) is 0 Å². The van der Waals surface area contributed by atoms with Crippen molar-refractivity contribution in [2.75, 3.05) is 0 Å². The molecule has 5 nitrogen and oxygen atoms in total. The summed E-state index contributed by atoms with van der Waals surface area (Å²) in [5.74, 6) is -2.11. The third-order valence-electron chi connectivity index (χ3n) is 4.48. The van der Waals surface area contributed by atoms with Crippen molar-refractivity contribution in [1.29, 1.82) is 0 Å². The summed E-state index contributed by atoms with van der Waals surface area (Å²) in [4.78, 5) is 24.9. The highest BCUT2D eigenvalue weighted by Crippen LogP contribution is 2.40. The number of carbonyl (C=O) groups excluding carboxylic acids is 2. The first-order valence-electron chi connectivity index (χ1n) is 9.63. The summed E-state index contributed by atoms with van der Waals surface area (Å²) in [6.45, 7) is 0.400. The van der Waals surface area contributed by atoms with E-state index in [2.05, 4.69) is 5.32 Å². The smallest absolute Gasteiger partial charge is 0.251 e. The molecule has 0 aromatic heterocycles. The molecule has 1 aliphatic rings. The molecule has 0 unspecified atom stereocenters. The van der Waals surface area contributed by atoms with Gasteiger partial charge in [-0.3, -0.25) is 9.59 Å². The van der Waals surface area contributed by atoms with Gasteiger partial charge in [-0.1, -0.05) is 11.6 Å². The van der Waals surface area contributed by atoms with Gasteiger partial charge in [0.25, 0.3) is 5.91 Å². The van der Waals surface area contributed by atoms with E-state index in [-0.39, 0.29) is 27.5 Å². The Morgan fingerprint density at radius 3 is 2.63 bits per heavy atom. The molecule has 27 heavy (non-hydrogen) atoms. The van der Waals surface area contributed by atoms with Crippen molar-refractivity contribution >= 4 is 23.3 Å². The van der Waals surface area contributed by atoms with Crippen LogP contribution in [0.2, 0.25) is 5.02 Å². The molecule has 7 heteroatoms. The van der Waals surface area contributed by atoms with E-state index in [0.717, 1.165) is 12.1 Å². The Balaban J connectivity index is 2.01. The number of rotatable bonds is 3. The van der Waals surface area contributed by atoms with Crippen LogP contribution in [-0.4, -0.2) is 28.5 Å². The average Bonchev–Trinajstić information content (AvgIpc) is 2.65. The van der Waals surface area contributed by atoms with Crippen LogP contribution >= 0.6 is 11.6 Å². The second kappa shape index (κ2) is 6.94. The quantitative estimate of drug-likeness (QED) is 0.778. The average molecular weight is 395 g/mol. The minimum absolute atomic E-state index is 0.0640. The molecule has 2 aromatic carbocycles. The van der Waals surface area contributed by atoms with Gasteiger partial charge in [-0.2, -0.15) is 0 Å². The van der Waals surface area contributed by atoms with E-state index in [1.54, 1.807) is 13.8 Å². The molecule has 2 aromatic rings. The Morgan fingerprint density at radius 1 is 1.26 bits per heavy atom. The molecule has 2 N–H and O–H groups in total. The van der Waals surface area contributed by atoms with E-state index in [1.165, 1.54) is 24.3 Å². The van der Waals surface area contributed by atoms with E-state index in [4.69, 9.17) is 20.5 Å². The fourth-order valence-corrected chi connectivity index (χ4v) is 3.14. The number of aliphatic hydroxyl groups is 1. The Kier molecular flexibility index (Phi) is 4.01. The highest BCUT2D eigenvalue weighted by atomic mass is 35.5. The number of Topliss-reactive ketones (excluding diaryl/α,β-unsaturated/α-hetero) is 1. The summed E-state index contributed by atoms with van der Waals surface area (Å²) in [5.41, 5.74) is -0.887. The maximum atomic E-state index is 13.4. The molecular formula is C20H19ClFNO4. The van der Waals surface area contributed by atoms with Crippen LogP contribution in [0.15, 0.2) is 36.4 Å². The minimum Gasteiger partial charge on any atom is -0.485 e. The number of benzene rings is 2. The van der Waals surface area contributed by atoms with Crippen LogP contribution in [0.3, 0.4) is 0 Å². The summed E-state index contributed by atoms with van der Waals surface area (Å²) in [6, 6.07) is 6.44. The highest BCUT2D eigenvalue weighted by Gasteiger charge is 2.43. The number of fused-ring (bicyclic) bond motifs is 1. The van der Waals surface area contributed by atoms with Crippen LogP contribution in [0.5, 0.6) is 5.75 Å². The van der Waals surface area contributed by atoms with Crippen molar-refractivity contribution < 1.29 is 27.9 Å². The number of halogens is 2. The van der Waals surface area contributed by atoms with Crippen LogP contribution in [-0.2, 0) is 0 Å². The largest absolute Gasteiger partial charge is 0.485 e. The number of amides is 1. The number of hydrogen-bond acceptors (Lipinski definition) is 4. The molecule has 1 amide bonds. The second-order valence-electron chi connectivity index (χ2n) is 6.81. The van der Waals surface area contributed by atoms with Gasteiger partial charge >= 0.3 is 0 Å². The summed E-state index contributed by atoms with van der Waals surface area (Å²) < 4.78 is 41.1. The zero-order valence-electron chi connectivity index (χ0n) is 17.5. The van der Waals surface area contributed by atoms with Crippen molar-refractivity contribution in [2.45, 2.75) is 38.4 Å². The summed E-state index contributed by atoms with van der Waals surface area (Å²) in [7, 11) is 0. The zero-order valence-corrected chi connectivity index (χ0v) is 15.3. The number of nitrogens with one attached hydrogen (secondary N) is 1. The van der Waals surface area contributed by atoms with E-state index >= 15 is 0 Å². The SMILES string of the molecule is [2H]C([2H])([2H])C(=O)c1ccc2c(c1)[C@H](NC(=O)c1ccc(F)c(Cl)c1)[C@H](O)C(C)(C)O2. The standard InChI is InChI=1S/C20H19ClFNO4/c1-10(24)11-5-7-16-13(8-11)17(18(25)20(2,3)27-16)23-19(26)12-4-6-15(22)14(21)9-12/h4-9,17-18,25H,1-3H3,(H,23,26)/t17-,18-/m0/s1/i1D3. The molecule has 0 radical (unpaired) electrons. The van der Waals surface area contributed by atoms with E-state index in [1.807, 2.05) is 0 Å². The molecule has 0 fully saturated rings. The van der Waals surface area contributed by atoms with Gasteiger partial charge in [0.1, 0.15) is 23.3 Å². The summed E-state index contributed by atoms with van der Waals surface area (Å²) >= 11 is 5.74. The van der Waals surface area contributed by atoms with Gasteiger partial charge < -0.3 is 15.2 Å². The van der Waals surface area contributed by atoms with Crippen LogP contribution in [0.1, 0.15) is 57.1 Å². The van der Waals surface area contributed by atoms with E-state index in [0.29, 0.717) is 0 Å². The molecule has 0 saturated heterocycles. The first-order chi connectivity index (χ1) is 13.8. The lowest BCUT2D eigenvalue weighted by Crippen LogP contribution is -2.53. The topological polar surface area (TPSA) is 75.6 Å². The maximum Gasteiger partial charge on any atom is 0.251 e. The van der Waals surface area contributed by atoms with Crippen LogP contribution < -0.4 is 10.1 Å². The molecule has 1 aliphatic heterocycles. The summed E-state index contributed by atoms with van der Waals surface area (Å²) in [6.07, 6.45) is -1.23. The van der Waals surface area contributed by atoms with Gasteiger partial charge in [0.05, 0.1) is 11.1 Å². The van der Waals surface area contributed by atoms with Crippen LogP contribution in [0.4, 0.5) is 4.39 Å². The lowest BCUT2D eigenvalue weighted by molar-refractivity contribution is -0.0627. The Labute approximate surface area is 165 Å². The zero-order chi connectivity index (χ0) is 22.4. The molecule has 142 valence electrons. The Morgan fingerprint density at radius 2 is 1.96 bits per heavy atom. The lowest BCUT2D eigenvalue weighted by atomic mass is 9.85. The second-order valence-corrected chi connectivity index (χ2v) is 7.22. The number of carbonyl (C=O) groups is 2. The van der Waals surface area contributed by atoms with Gasteiger partial charge in [-0.15, -0.1) is 0 Å². The van der Waals surface area contributed by atoms with Crippen molar-refractivity contribution in [3.63, 3.8) is 0 Å². The number of aliphatic hydroxyl groups excluding tert-OH is 1. The van der Waals surface area contributed by atoms with Gasteiger partial charge in [0.15, 0.2) is 5.78 Å². The molecule has 0 saturated carbocycles. The third-order valence-corrected chi connectivity index (χ3v) is 4.77. The molecule has 0 spiro atoms. The van der Waals surface area contributed by atoms with Crippen LogP contribution in [0.25, 0.3) is 0 Å². The van der Waals surface area contributed by atoms with E-state index in [9.17, 15) is 19.1 Å². The van der Waals surface area contributed by atoms with Crippen molar-refractivity contribution in [3.05, 3.63) is 63.9 Å². The third kappa shape index (κ3) is 3.68. The Hall–Kier alpha value is -2.44. The van der Waals surface area contributed by atoms with Gasteiger partial charge in [-0.05, 0) is 57.1 Å². The Bertz CT molecular complexity index is 1030. The molecule has 3 rings (SSSR count). The van der Waals surface area contributed by atoms with Crippen molar-refractivity contribution in [3.8, 4) is 5.75 Å². The van der Waals surface area contributed by atoms with E-state index < -0.39 is 42.1 Å². The predicted molar refractivity (Wildman–Crippen MR) is 98.8 cm³/mol. The van der Waals surface area contributed by atoms with Gasteiger partial charge in [-0.25, -0.2) is 4.39 Å². The molecule has 0 bridgehead atoms. The molecular weight excluding hydrogens is 373 g/mol. The normalized spacial score (nSPS) is 22.5. The summed E-state index contributed by atoms with van der Waals surface area (Å²) in [5, 5.41) is 13.2. The fourth-order valence-electron chi connectivity index (χ4n) is 2.96. The number of ketones is 1. The first-order valence-corrected chi connectivity index (χ1v) is 8.51. The maximum absolute atomic E-state index is 13.4.